The molecule has 0 saturated heterocycles. The minimum Gasteiger partial charge on any atom is -0.497 e. The Balaban J connectivity index is 1.47. The van der Waals surface area contributed by atoms with E-state index < -0.39 is 0 Å². The van der Waals surface area contributed by atoms with Gasteiger partial charge in [0, 0.05) is 17.8 Å². The fourth-order valence-corrected chi connectivity index (χ4v) is 4.35. The third kappa shape index (κ3) is 3.22. The van der Waals surface area contributed by atoms with Gasteiger partial charge in [0.25, 0.3) is 5.91 Å². The second kappa shape index (κ2) is 6.92. The summed E-state index contributed by atoms with van der Waals surface area (Å²) < 4.78 is 10.4. The van der Waals surface area contributed by atoms with Gasteiger partial charge in [-0.1, -0.05) is 5.16 Å². The summed E-state index contributed by atoms with van der Waals surface area (Å²) in [4.78, 5) is 18.5. The largest absolute Gasteiger partial charge is 0.497 e. The molecule has 3 aromatic rings. The Kier molecular flexibility index (Phi) is 4.46. The number of amides is 1. The number of carbonyl (C=O) groups excluding carboxylic acids is 1. The van der Waals surface area contributed by atoms with Crippen LogP contribution in [-0.4, -0.2) is 29.7 Å². The molecule has 0 atom stereocenters. The van der Waals surface area contributed by atoms with Crippen molar-refractivity contribution in [1.29, 1.82) is 0 Å². The Hall–Kier alpha value is -2.67. The number of rotatable bonds is 5. The van der Waals surface area contributed by atoms with Crippen LogP contribution in [0.2, 0.25) is 0 Å². The number of aryl methyl sites for hydroxylation is 3. The zero-order valence-corrected chi connectivity index (χ0v) is 15.5. The maximum Gasteiger partial charge on any atom is 0.261 e. The molecule has 0 unspecified atom stereocenters. The molecular formula is C19H19N3O3S. The van der Waals surface area contributed by atoms with E-state index >= 15 is 0 Å². The van der Waals surface area contributed by atoms with Crippen molar-refractivity contribution in [3.05, 3.63) is 52.0 Å². The summed E-state index contributed by atoms with van der Waals surface area (Å²) in [5, 5.41) is 6.68. The van der Waals surface area contributed by atoms with Crippen molar-refractivity contribution in [2.45, 2.75) is 26.2 Å². The molecule has 1 amide bonds. The lowest BCUT2D eigenvalue weighted by atomic mass is 9.91. The minimum atomic E-state index is -0.0595. The molecule has 7 heteroatoms. The Morgan fingerprint density at radius 1 is 1.31 bits per heavy atom. The number of carbonyl (C=O) groups is 1. The van der Waals surface area contributed by atoms with Crippen LogP contribution in [0, 0.1) is 6.92 Å². The van der Waals surface area contributed by atoms with E-state index in [1.54, 1.807) is 25.4 Å². The third-order valence-electron chi connectivity index (χ3n) is 4.45. The topological polar surface area (TPSA) is 77.2 Å². The van der Waals surface area contributed by atoms with Crippen molar-refractivity contribution in [1.82, 2.24) is 15.5 Å². The molecule has 2 aromatic heterocycles. The minimum absolute atomic E-state index is 0.0595. The normalized spacial score (nSPS) is 12.4. The Bertz CT molecular complexity index is 961. The number of benzene rings is 1. The van der Waals surface area contributed by atoms with E-state index in [4.69, 9.17) is 9.26 Å². The highest BCUT2D eigenvalue weighted by molar-refractivity contribution is 7.17. The lowest BCUT2D eigenvalue weighted by molar-refractivity contribution is 0.0957. The molecule has 0 radical (unpaired) electrons. The van der Waals surface area contributed by atoms with Crippen LogP contribution in [0.5, 0.6) is 5.75 Å². The smallest absolute Gasteiger partial charge is 0.261 e. The predicted octanol–water partition coefficient (Wildman–Crippen LogP) is 3.19. The number of nitrogens with one attached hydrogen (secondary N) is 1. The van der Waals surface area contributed by atoms with Crippen molar-refractivity contribution >= 4 is 17.2 Å². The second-order valence-corrected chi connectivity index (χ2v) is 7.28. The highest BCUT2D eigenvalue weighted by Crippen LogP contribution is 2.40. The van der Waals surface area contributed by atoms with Crippen LogP contribution in [0.3, 0.4) is 0 Å². The van der Waals surface area contributed by atoms with Crippen molar-refractivity contribution in [3.8, 4) is 16.2 Å². The molecule has 0 bridgehead atoms. The average molecular weight is 369 g/mol. The SMILES string of the molecule is COc1ccc2c(c1)CCc1cc(C(=O)NCCc3nc(C)no3)sc1-2. The number of hydrogen-bond acceptors (Lipinski definition) is 6. The van der Waals surface area contributed by atoms with Crippen LogP contribution >= 0.6 is 11.3 Å². The summed E-state index contributed by atoms with van der Waals surface area (Å²) in [6.45, 7) is 2.24. The number of ether oxygens (including phenoxy) is 1. The molecule has 26 heavy (non-hydrogen) atoms. The Labute approximate surface area is 155 Å². The van der Waals surface area contributed by atoms with Crippen LogP contribution < -0.4 is 10.1 Å². The first-order valence-corrected chi connectivity index (χ1v) is 9.33. The predicted molar refractivity (Wildman–Crippen MR) is 98.8 cm³/mol. The van der Waals surface area contributed by atoms with Gasteiger partial charge in [-0.25, -0.2) is 0 Å². The van der Waals surface area contributed by atoms with Crippen LogP contribution in [0.4, 0.5) is 0 Å². The first-order valence-electron chi connectivity index (χ1n) is 8.51. The zero-order valence-electron chi connectivity index (χ0n) is 14.7. The fraction of sp³-hybridized carbons (Fsp3) is 0.316. The van der Waals surface area contributed by atoms with E-state index in [9.17, 15) is 4.79 Å². The molecule has 6 nitrogen and oxygen atoms in total. The van der Waals surface area contributed by atoms with Gasteiger partial charge in [-0.15, -0.1) is 11.3 Å². The van der Waals surface area contributed by atoms with Gasteiger partial charge in [0.1, 0.15) is 5.75 Å². The first kappa shape index (κ1) is 16.8. The number of fused-ring (bicyclic) bond motifs is 3. The lowest BCUT2D eigenvalue weighted by Gasteiger charge is -2.16. The molecule has 1 aliphatic carbocycles. The molecule has 1 aromatic carbocycles. The van der Waals surface area contributed by atoms with E-state index in [0.717, 1.165) is 23.5 Å². The van der Waals surface area contributed by atoms with Crippen molar-refractivity contribution < 1.29 is 14.1 Å². The maximum atomic E-state index is 12.5. The number of methoxy groups -OCH3 is 1. The molecule has 4 rings (SSSR count). The number of thiophene rings is 1. The third-order valence-corrected chi connectivity index (χ3v) is 5.66. The van der Waals surface area contributed by atoms with Gasteiger partial charge < -0.3 is 14.6 Å². The summed E-state index contributed by atoms with van der Waals surface area (Å²) in [5.41, 5.74) is 3.72. The van der Waals surface area contributed by atoms with E-state index in [1.165, 1.54) is 21.6 Å². The molecule has 134 valence electrons. The summed E-state index contributed by atoms with van der Waals surface area (Å²) in [5.74, 6) is 1.96. The van der Waals surface area contributed by atoms with Gasteiger partial charge in [0.15, 0.2) is 5.82 Å². The van der Waals surface area contributed by atoms with Crippen LogP contribution in [0.1, 0.15) is 32.5 Å². The van der Waals surface area contributed by atoms with Gasteiger partial charge in [-0.2, -0.15) is 4.98 Å². The standard InChI is InChI=1S/C19H19N3O3S/c1-11-21-17(25-22-11)7-8-20-19(23)16-10-13-4-3-12-9-14(24-2)5-6-15(12)18(13)26-16/h5-6,9-10H,3-4,7-8H2,1-2H3,(H,20,23). The Morgan fingerprint density at radius 3 is 2.92 bits per heavy atom. The lowest BCUT2D eigenvalue weighted by Crippen LogP contribution is -2.24. The van der Waals surface area contributed by atoms with E-state index in [0.29, 0.717) is 24.7 Å². The van der Waals surface area contributed by atoms with Gasteiger partial charge >= 0.3 is 0 Å². The van der Waals surface area contributed by atoms with E-state index in [2.05, 4.69) is 27.6 Å². The maximum absolute atomic E-state index is 12.5. The molecule has 1 aliphatic rings. The molecule has 0 fully saturated rings. The number of nitrogens with zero attached hydrogens (tertiary/aromatic N) is 2. The second-order valence-electron chi connectivity index (χ2n) is 6.23. The van der Waals surface area contributed by atoms with Gasteiger partial charge in [-0.3, -0.25) is 4.79 Å². The molecular weight excluding hydrogens is 350 g/mol. The molecule has 2 heterocycles. The average Bonchev–Trinajstić information content (AvgIpc) is 3.27. The van der Waals surface area contributed by atoms with Gasteiger partial charge in [0.05, 0.1) is 12.0 Å². The monoisotopic (exact) mass is 369 g/mol. The van der Waals surface area contributed by atoms with Crippen LogP contribution in [-0.2, 0) is 19.3 Å². The molecule has 0 saturated carbocycles. The van der Waals surface area contributed by atoms with Gasteiger partial charge in [-0.05, 0) is 60.7 Å². The van der Waals surface area contributed by atoms with Crippen molar-refractivity contribution in [3.63, 3.8) is 0 Å². The summed E-state index contributed by atoms with van der Waals surface area (Å²) in [6.07, 6.45) is 2.44. The molecule has 0 aliphatic heterocycles. The van der Waals surface area contributed by atoms with Crippen molar-refractivity contribution in [2.24, 2.45) is 0 Å². The highest BCUT2D eigenvalue weighted by Gasteiger charge is 2.22. The molecule has 0 spiro atoms. The highest BCUT2D eigenvalue weighted by atomic mass is 32.1. The zero-order chi connectivity index (χ0) is 18.1. The number of hydrogen-bond donors (Lipinski definition) is 1. The van der Waals surface area contributed by atoms with Crippen LogP contribution in [0.15, 0.2) is 28.8 Å². The van der Waals surface area contributed by atoms with Crippen molar-refractivity contribution in [2.75, 3.05) is 13.7 Å². The summed E-state index contributed by atoms with van der Waals surface area (Å²) >= 11 is 1.55. The number of aromatic nitrogens is 2. The summed E-state index contributed by atoms with van der Waals surface area (Å²) in [6, 6.07) is 8.16. The van der Waals surface area contributed by atoms with Crippen LogP contribution in [0.25, 0.3) is 10.4 Å². The van der Waals surface area contributed by atoms with E-state index in [-0.39, 0.29) is 5.91 Å². The van der Waals surface area contributed by atoms with Gasteiger partial charge in [0.2, 0.25) is 5.89 Å². The summed E-state index contributed by atoms with van der Waals surface area (Å²) in [7, 11) is 1.68. The fourth-order valence-electron chi connectivity index (χ4n) is 3.16. The first-order chi connectivity index (χ1) is 12.6. The molecule has 1 N–H and O–H groups in total. The Morgan fingerprint density at radius 2 is 2.15 bits per heavy atom. The van der Waals surface area contributed by atoms with E-state index in [1.807, 2.05) is 12.1 Å². The quantitative estimate of drug-likeness (QED) is 0.747.